The molecular weight excluding hydrogens is 197 g/mol. The van der Waals surface area contributed by atoms with Crippen LogP contribution in [0.25, 0.3) is 0 Å². The van der Waals surface area contributed by atoms with Gasteiger partial charge in [0.1, 0.15) is 5.82 Å². The van der Waals surface area contributed by atoms with E-state index in [4.69, 9.17) is 10.8 Å². The number of aromatic carboxylic acids is 1. The summed E-state index contributed by atoms with van der Waals surface area (Å²) >= 11 is 0. The highest BCUT2D eigenvalue weighted by molar-refractivity contribution is 5.87. The van der Waals surface area contributed by atoms with E-state index in [1.807, 2.05) is 0 Å². The number of halogens is 1. The molecule has 3 N–H and O–H groups in total. The Morgan fingerprint density at radius 3 is 2.60 bits per heavy atom. The Balaban J connectivity index is 2.39. The largest absolute Gasteiger partial charge is 0.478 e. The fourth-order valence-electron chi connectivity index (χ4n) is 1.81. The van der Waals surface area contributed by atoms with Gasteiger partial charge in [-0.1, -0.05) is 6.07 Å². The molecule has 0 saturated heterocycles. The van der Waals surface area contributed by atoms with E-state index in [1.54, 1.807) is 6.07 Å². The van der Waals surface area contributed by atoms with Crippen LogP contribution in [0.4, 0.5) is 4.39 Å². The number of hydrogen-bond acceptors (Lipinski definition) is 2. The van der Waals surface area contributed by atoms with Crippen molar-refractivity contribution in [2.45, 2.75) is 18.3 Å². The van der Waals surface area contributed by atoms with Crippen LogP contribution < -0.4 is 5.73 Å². The van der Waals surface area contributed by atoms with Gasteiger partial charge in [0.05, 0.1) is 5.56 Å². The van der Waals surface area contributed by atoms with Gasteiger partial charge in [-0.15, -0.1) is 0 Å². The van der Waals surface area contributed by atoms with Gasteiger partial charge in [-0.25, -0.2) is 9.18 Å². The van der Waals surface area contributed by atoms with Gasteiger partial charge in [-0.3, -0.25) is 0 Å². The van der Waals surface area contributed by atoms with Crippen molar-refractivity contribution in [3.05, 3.63) is 35.1 Å². The van der Waals surface area contributed by atoms with Crippen LogP contribution in [0.5, 0.6) is 0 Å². The number of carboxylic acid groups (broad SMARTS) is 1. The van der Waals surface area contributed by atoms with Gasteiger partial charge < -0.3 is 10.8 Å². The Kier molecular flexibility index (Phi) is 2.23. The van der Waals surface area contributed by atoms with Gasteiger partial charge in [0.2, 0.25) is 0 Å². The first-order valence-corrected chi connectivity index (χ1v) is 4.82. The lowest BCUT2D eigenvalue weighted by atomic mass is 9.94. The molecule has 80 valence electrons. The highest BCUT2D eigenvalue weighted by Gasteiger charge is 2.44. The number of carboxylic acids is 1. The molecule has 1 saturated carbocycles. The van der Waals surface area contributed by atoms with Crippen LogP contribution >= 0.6 is 0 Å². The zero-order chi connectivity index (χ0) is 11.1. The molecular formula is C11H12FNO2. The molecule has 1 aromatic rings. The van der Waals surface area contributed by atoms with Crippen LogP contribution in [0.1, 0.15) is 28.8 Å². The molecule has 0 spiro atoms. The topological polar surface area (TPSA) is 63.3 Å². The predicted octanol–water partition coefficient (Wildman–Crippen LogP) is 1.51. The van der Waals surface area contributed by atoms with Crippen molar-refractivity contribution in [1.29, 1.82) is 0 Å². The average Bonchev–Trinajstić information content (AvgIpc) is 2.98. The second-order valence-corrected chi connectivity index (χ2v) is 3.98. The standard InChI is InChI=1S/C11H12FNO2/c12-9-5-7(10(14)15)1-2-8(9)11(6-13)3-4-11/h1-2,5H,3-4,6,13H2,(H,14,15). The number of benzene rings is 1. The van der Waals surface area contributed by atoms with Crippen LogP contribution in [0, 0.1) is 5.82 Å². The lowest BCUT2D eigenvalue weighted by molar-refractivity contribution is 0.0696. The summed E-state index contributed by atoms with van der Waals surface area (Å²) in [4.78, 5) is 10.6. The van der Waals surface area contributed by atoms with Gasteiger partial charge in [0.15, 0.2) is 0 Å². The molecule has 1 aromatic carbocycles. The van der Waals surface area contributed by atoms with E-state index in [0.717, 1.165) is 18.9 Å². The lowest BCUT2D eigenvalue weighted by Gasteiger charge is -2.13. The fourth-order valence-corrected chi connectivity index (χ4v) is 1.81. The van der Waals surface area contributed by atoms with Gasteiger partial charge in [-0.05, 0) is 30.5 Å². The molecule has 0 amide bonds. The molecule has 0 aliphatic heterocycles. The van der Waals surface area contributed by atoms with Crippen LogP contribution in [0.15, 0.2) is 18.2 Å². The molecule has 1 aliphatic carbocycles. The molecule has 1 fully saturated rings. The number of carbonyl (C=O) groups is 1. The number of nitrogens with two attached hydrogens (primary N) is 1. The molecule has 15 heavy (non-hydrogen) atoms. The summed E-state index contributed by atoms with van der Waals surface area (Å²) in [6, 6.07) is 4.03. The van der Waals surface area contributed by atoms with Crippen molar-refractivity contribution < 1.29 is 14.3 Å². The third kappa shape index (κ3) is 1.61. The van der Waals surface area contributed by atoms with Crippen molar-refractivity contribution in [3.8, 4) is 0 Å². The van der Waals surface area contributed by atoms with E-state index < -0.39 is 11.8 Å². The predicted molar refractivity (Wildman–Crippen MR) is 53.3 cm³/mol. The van der Waals surface area contributed by atoms with Crippen molar-refractivity contribution in [2.75, 3.05) is 6.54 Å². The van der Waals surface area contributed by atoms with Gasteiger partial charge in [0, 0.05) is 12.0 Å². The molecule has 1 aliphatic rings. The van der Waals surface area contributed by atoms with Crippen molar-refractivity contribution in [1.82, 2.24) is 0 Å². The summed E-state index contributed by atoms with van der Waals surface area (Å²) in [6.45, 7) is 0.413. The molecule has 0 atom stereocenters. The maximum absolute atomic E-state index is 13.6. The second-order valence-electron chi connectivity index (χ2n) is 3.98. The first-order chi connectivity index (χ1) is 7.09. The van der Waals surface area contributed by atoms with Crippen molar-refractivity contribution in [3.63, 3.8) is 0 Å². The zero-order valence-corrected chi connectivity index (χ0v) is 8.16. The maximum Gasteiger partial charge on any atom is 0.335 e. The Bertz CT molecular complexity index is 413. The average molecular weight is 209 g/mol. The molecule has 0 unspecified atom stereocenters. The third-order valence-electron chi connectivity index (χ3n) is 3.03. The minimum Gasteiger partial charge on any atom is -0.478 e. The first kappa shape index (κ1) is 10.1. The normalized spacial score (nSPS) is 17.5. The minimum atomic E-state index is -1.11. The van der Waals surface area contributed by atoms with Crippen molar-refractivity contribution in [2.24, 2.45) is 5.73 Å². The van der Waals surface area contributed by atoms with Crippen LogP contribution in [-0.4, -0.2) is 17.6 Å². The Labute approximate surface area is 86.7 Å². The van der Waals surface area contributed by atoms with Gasteiger partial charge in [0.25, 0.3) is 0 Å². The fraction of sp³-hybridized carbons (Fsp3) is 0.364. The quantitative estimate of drug-likeness (QED) is 0.793. The van der Waals surface area contributed by atoms with Gasteiger partial charge in [-0.2, -0.15) is 0 Å². The highest BCUT2D eigenvalue weighted by Crippen LogP contribution is 2.48. The molecule has 0 aromatic heterocycles. The minimum absolute atomic E-state index is 0.0240. The van der Waals surface area contributed by atoms with E-state index >= 15 is 0 Å². The molecule has 2 rings (SSSR count). The molecule has 3 nitrogen and oxygen atoms in total. The van der Waals surface area contributed by atoms with E-state index in [1.165, 1.54) is 6.07 Å². The summed E-state index contributed by atoms with van der Waals surface area (Å²) in [5.74, 6) is -1.57. The number of rotatable bonds is 3. The summed E-state index contributed by atoms with van der Waals surface area (Å²) in [7, 11) is 0. The van der Waals surface area contributed by atoms with Crippen LogP contribution in [-0.2, 0) is 5.41 Å². The number of hydrogen-bond donors (Lipinski definition) is 2. The Morgan fingerprint density at radius 1 is 1.53 bits per heavy atom. The Hall–Kier alpha value is -1.42. The summed E-state index contributed by atoms with van der Waals surface area (Å²) < 4.78 is 13.6. The molecule has 0 heterocycles. The van der Waals surface area contributed by atoms with Crippen molar-refractivity contribution >= 4 is 5.97 Å². The Morgan fingerprint density at radius 2 is 2.20 bits per heavy atom. The van der Waals surface area contributed by atoms with Crippen LogP contribution in [0.3, 0.4) is 0 Å². The van der Waals surface area contributed by atoms with E-state index in [9.17, 15) is 9.18 Å². The van der Waals surface area contributed by atoms with E-state index in [-0.39, 0.29) is 11.0 Å². The van der Waals surface area contributed by atoms with Crippen LogP contribution in [0.2, 0.25) is 0 Å². The second kappa shape index (κ2) is 3.31. The van der Waals surface area contributed by atoms with E-state index in [2.05, 4.69) is 0 Å². The highest BCUT2D eigenvalue weighted by atomic mass is 19.1. The van der Waals surface area contributed by atoms with E-state index in [0.29, 0.717) is 12.1 Å². The maximum atomic E-state index is 13.6. The SMILES string of the molecule is NCC1(c2ccc(C(=O)O)cc2F)CC1. The summed E-state index contributed by atoms with van der Waals surface area (Å²) in [5, 5.41) is 8.68. The zero-order valence-electron chi connectivity index (χ0n) is 8.16. The smallest absolute Gasteiger partial charge is 0.335 e. The third-order valence-corrected chi connectivity index (χ3v) is 3.03. The lowest BCUT2D eigenvalue weighted by Crippen LogP contribution is -2.21. The van der Waals surface area contributed by atoms with Gasteiger partial charge >= 0.3 is 5.97 Å². The molecule has 0 bridgehead atoms. The monoisotopic (exact) mass is 209 g/mol. The first-order valence-electron chi connectivity index (χ1n) is 4.82. The molecule has 4 heteroatoms. The molecule has 0 radical (unpaired) electrons. The summed E-state index contributed by atoms with van der Waals surface area (Å²) in [5.41, 5.74) is 5.88. The summed E-state index contributed by atoms with van der Waals surface area (Å²) in [6.07, 6.45) is 1.76.